The first-order valence-corrected chi connectivity index (χ1v) is 9.64. The standard InChI is InChI=1S/C19H17N7O.C2HF3O2/c1-12-8-14(4-7-21-12)18-15-11-22-17(9-16(15)25-26-18)24-19(27)23-10-13-2-5-20-6-3-13;3-2(4,5)1(6)7/h2-9,11H,10H2,1H3,(H,25,26)(H2,22,23,24,27);(H,6,7). The third-order valence-corrected chi connectivity index (χ3v) is 4.30. The Bertz CT molecular complexity index is 1290. The zero-order valence-electron chi connectivity index (χ0n) is 17.6. The predicted octanol–water partition coefficient (Wildman–Crippen LogP) is 3.68. The van der Waals surface area contributed by atoms with E-state index in [-0.39, 0.29) is 6.03 Å². The van der Waals surface area contributed by atoms with Gasteiger partial charge in [0.05, 0.1) is 5.52 Å². The number of carboxylic acid groups (broad SMARTS) is 1. The number of carbonyl (C=O) groups is 2. The predicted molar refractivity (Wildman–Crippen MR) is 116 cm³/mol. The monoisotopic (exact) mass is 473 g/mol. The molecule has 0 aliphatic rings. The molecular formula is C21H18F3N7O3. The molecule has 4 aromatic rings. The van der Waals surface area contributed by atoms with Crippen LogP contribution in [0.2, 0.25) is 0 Å². The molecule has 0 fully saturated rings. The van der Waals surface area contributed by atoms with Crippen molar-refractivity contribution in [2.24, 2.45) is 0 Å². The Morgan fingerprint density at radius 2 is 1.79 bits per heavy atom. The van der Waals surface area contributed by atoms with Gasteiger partial charge in [-0.25, -0.2) is 14.6 Å². The second-order valence-electron chi connectivity index (χ2n) is 6.84. The van der Waals surface area contributed by atoms with E-state index in [0.717, 1.165) is 33.4 Å². The number of urea groups is 1. The number of pyridine rings is 3. The summed E-state index contributed by atoms with van der Waals surface area (Å²) in [7, 11) is 0. The second-order valence-corrected chi connectivity index (χ2v) is 6.84. The lowest BCUT2D eigenvalue weighted by molar-refractivity contribution is -0.192. The molecule has 0 aliphatic heterocycles. The number of aliphatic carboxylic acids is 1. The largest absolute Gasteiger partial charge is 0.490 e. The first-order valence-electron chi connectivity index (χ1n) is 9.64. The number of anilines is 1. The van der Waals surface area contributed by atoms with E-state index in [1.807, 2.05) is 31.2 Å². The van der Waals surface area contributed by atoms with Crippen molar-refractivity contribution in [1.82, 2.24) is 30.5 Å². The molecule has 4 heterocycles. The summed E-state index contributed by atoms with van der Waals surface area (Å²) in [5, 5.41) is 20.9. The van der Waals surface area contributed by atoms with Crippen molar-refractivity contribution >= 4 is 28.7 Å². The summed E-state index contributed by atoms with van der Waals surface area (Å²) in [6.45, 7) is 2.34. The topological polar surface area (TPSA) is 146 Å². The quantitative estimate of drug-likeness (QED) is 0.354. The number of nitrogens with one attached hydrogen (secondary N) is 3. The summed E-state index contributed by atoms with van der Waals surface area (Å²) in [6, 6.07) is 8.99. The van der Waals surface area contributed by atoms with E-state index < -0.39 is 12.1 Å². The fraction of sp³-hybridized carbons (Fsp3) is 0.143. The maximum atomic E-state index is 12.1. The minimum Gasteiger partial charge on any atom is -0.475 e. The molecule has 0 spiro atoms. The van der Waals surface area contributed by atoms with Crippen LogP contribution >= 0.6 is 0 Å². The molecule has 0 saturated carbocycles. The normalized spacial score (nSPS) is 10.8. The Hall–Kier alpha value is -4.55. The maximum absolute atomic E-state index is 12.1. The Morgan fingerprint density at radius 3 is 2.44 bits per heavy atom. The van der Waals surface area contributed by atoms with Crippen LogP contribution in [0, 0.1) is 6.92 Å². The molecule has 0 unspecified atom stereocenters. The molecule has 0 aromatic carbocycles. The number of hydrogen-bond donors (Lipinski definition) is 4. The molecule has 0 bridgehead atoms. The van der Waals surface area contributed by atoms with Gasteiger partial charge < -0.3 is 10.4 Å². The van der Waals surface area contributed by atoms with Crippen LogP contribution < -0.4 is 10.6 Å². The van der Waals surface area contributed by atoms with Crippen molar-refractivity contribution in [2.45, 2.75) is 19.6 Å². The third-order valence-electron chi connectivity index (χ3n) is 4.30. The van der Waals surface area contributed by atoms with Crippen molar-refractivity contribution in [3.05, 3.63) is 66.4 Å². The highest BCUT2D eigenvalue weighted by Crippen LogP contribution is 2.26. The van der Waals surface area contributed by atoms with Gasteiger partial charge >= 0.3 is 18.2 Å². The number of amides is 2. The molecule has 0 atom stereocenters. The van der Waals surface area contributed by atoms with Gasteiger partial charge in [0.15, 0.2) is 0 Å². The zero-order chi connectivity index (χ0) is 24.7. The van der Waals surface area contributed by atoms with Crippen LogP contribution in [0.3, 0.4) is 0 Å². The molecule has 4 N–H and O–H groups in total. The van der Waals surface area contributed by atoms with E-state index in [0.29, 0.717) is 12.4 Å². The summed E-state index contributed by atoms with van der Waals surface area (Å²) in [5.41, 5.74) is 4.44. The van der Waals surface area contributed by atoms with Gasteiger partial charge in [-0.3, -0.25) is 20.4 Å². The van der Waals surface area contributed by atoms with Gasteiger partial charge in [-0.15, -0.1) is 0 Å². The number of carbonyl (C=O) groups excluding carboxylic acids is 1. The smallest absolute Gasteiger partial charge is 0.475 e. The number of alkyl halides is 3. The zero-order valence-corrected chi connectivity index (χ0v) is 17.6. The van der Waals surface area contributed by atoms with Crippen molar-refractivity contribution in [1.29, 1.82) is 0 Å². The summed E-state index contributed by atoms with van der Waals surface area (Å²) >= 11 is 0. The number of nitrogens with zero attached hydrogens (tertiary/aromatic N) is 4. The minimum absolute atomic E-state index is 0.330. The van der Waals surface area contributed by atoms with E-state index in [1.165, 1.54) is 0 Å². The fourth-order valence-electron chi connectivity index (χ4n) is 2.74. The van der Waals surface area contributed by atoms with Crippen LogP contribution in [-0.2, 0) is 11.3 Å². The number of aromatic amines is 1. The number of halogens is 3. The lowest BCUT2D eigenvalue weighted by Crippen LogP contribution is -2.28. The van der Waals surface area contributed by atoms with Gasteiger partial charge in [0.2, 0.25) is 0 Å². The molecule has 13 heteroatoms. The van der Waals surface area contributed by atoms with E-state index in [9.17, 15) is 18.0 Å². The average Bonchev–Trinajstić information content (AvgIpc) is 3.21. The number of rotatable bonds is 4. The molecule has 34 heavy (non-hydrogen) atoms. The van der Waals surface area contributed by atoms with Gasteiger partial charge in [0.25, 0.3) is 0 Å². The Kier molecular flexibility index (Phi) is 7.36. The van der Waals surface area contributed by atoms with Gasteiger partial charge in [-0.1, -0.05) is 0 Å². The van der Waals surface area contributed by atoms with Gasteiger partial charge in [0, 0.05) is 54.0 Å². The number of hydrogen-bond acceptors (Lipinski definition) is 6. The molecule has 10 nitrogen and oxygen atoms in total. The van der Waals surface area contributed by atoms with Crippen LogP contribution in [0.4, 0.5) is 23.8 Å². The Balaban J connectivity index is 0.000000406. The summed E-state index contributed by atoms with van der Waals surface area (Å²) in [4.78, 5) is 33.4. The van der Waals surface area contributed by atoms with E-state index >= 15 is 0 Å². The Labute approximate surface area is 190 Å². The molecule has 4 aromatic heterocycles. The fourth-order valence-corrected chi connectivity index (χ4v) is 2.74. The van der Waals surface area contributed by atoms with Crippen LogP contribution in [0.5, 0.6) is 0 Å². The van der Waals surface area contributed by atoms with E-state index in [4.69, 9.17) is 9.90 Å². The van der Waals surface area contributed by atoms with Crippen molar-refractivity contribution in [3.8, 4) is 11.3 Å². The highest BCUT2D eigenvalue weighted by molar-refractivity contribution is 5.95. The van der Waals surface area contributed by atoms with Crippen LogP contribution in [0.25, 0.3) is 22.2 Å². The summed E-state index contributed by atoms with van der Waals surface area (Å²) < 4.78 is 31.7. The molecule has 2 amide bonds. The van der Waals surface area contributed by atoms with Crippen molar-refractivity contribution in [2.75, 3.05) is 5.32 Å². The van der Waals surface area contributed by atoms with Crippen LogP contribution in [0.1, 0.15) is 11.3 Å². The lowest BCUT2D eigenvalue weighted by atomic mass is 10.1. The summed E-state index contributed by atoms with van der Waals surface area (Å²) in [6.07, 6.45) is 1.74. The number of aromatic nitrogens is 5. The first-order chi connectivity index (χ1) is 16.1. The van der Waals surface area contributed by atoms with E-state index in [1.54, 1.807) is 30.9 Å². The van der Waals surface area contributed by atoms with Crippen molar-refractivity contribution in [3.63, 3.8) is 0 Å². The van der Waals surface area contributed by atoms with Crippen LogP contribution in [-0.4, -0.2) is 48.4 Å². The molecule has 4 rings (SSSR count). The van der Waals surface area contributed by atoms with Gasteiger partial charge in [0.1, 0.15) is 11.5 Å². The highest BCUT2D eigenvalue weighted by Gasteiger charge is 2.38. The number of aryl methyl sites for hydroxylation is 1. The highest BCUT2D eigenvalue weighted by atomic mass is 19.4. The second kappa shape index (κ2) is 10.4. The molecule has 0 saturated heterocycles. The van der Waals surface area contributed by atoms with Crippen LogP contribution in [0.15, 0.2) is 55.1 Å². The number of carboxylic acids is 1. The number of fused-ring (bicyclic) bond motifs is 1. The number of H-pyrrole nitrogens is 1. The molecule has 0 aliphatic carbocycles. The van der Waals surface area contributed by atoms with Gasteiger partial charge in [-0.05, 0) is 36.8 Å². The Morgan fingerprint density at radius 1 is 1.09 bits per heavy atom. The first kappa shape index (κ1) is 24.1. The minimum atomic E-state index is -5.08. The maximum Gasteiger partial charge on any atom is 0.490 e. The summed E-state index contributed by atoms with van der Waals surface area (Å²) in [5.74, 6) is -2.32. The molecule has 0 radical (unpaired) electrons. The average molecular weight is 473 g/mol. The third kappa shape index (κ3) is 6.48. The van der Waals surface area contributed by atoms with Gasteiger partial charge in [-0.2, -0.15) is 18.3 Å². The lowest BCUT2D eigenvalue weighted by Gasteiger charge is -2.07. The van der Waals surface area contributed by atoms with Crippen molar-refractivity contribution < 1.29 is 27.9 Å². The molecule has 176 valence electrons. The van der Waals surface area contributed by atoms with E-state index in [2.05, 4.69) is 35.8 Å². The molecular weight excluding hydrogens is 455 g/mol. The SMILES string of the molecule is Cc1cc(-c2n[nH]c3cc(NC(=O)NCc4ccncc4)ncc23)ccn1.O=C(O)C(F)(F)F.